The molecule has 0 aliphatic heterocycles. The first kappa shape index (κ1) is 21.0. The second kappa shape index (κ2) is 8.75. The monoisotopic (exact) mass is 476 g/mol. The van der Waals surface area contributed by atoms with Crippen LogP contribution in [0.5, 0.6) is 0 Å². The molecule has 0 saturated heterocycles. The number of carbonyl (C=O) groups excluding carboxylic acids is 1. The van der Waals surface area contributed by atoms with E-state index in [-0.39, 0.29) is 16.1 Å². The van der Waals surface area contributed by atoms with Crippen LogP contribution in [0.15, 0.2) is 82.2 Å². The number of sulfonamides is 1. The van der Waals surface area contributed by atoms with E-state index in [1.165, 1.54) is 24.3 Å². The number of benzene rings is 3. The Kier molecular flexibility index (Phi) is 6.34. The highest BCUT2D eigenvalue weighted by atomic mass is 79.9. The summed E-state index contributed by atoms with van der Waals surface area (Å²) in [4.78, 5) is 12.6. The van der Waals surface area contributed by atoms with E-state index < -0.39 is 27.8 Å². The van der Waals surface area contributed by atoms with E-state index in [2.05, 4.69) is 26.0 Å². The number of amides is 1. The number of hydrogen-bond acceptors (Lipinski definition) is 3. The summed E-state index contributed by atoms with van der Waals surface area (Å²) in [6.45, 7) is 1.68. The Morgan fingerprint density at radius 3 is 2.38 bits per heavy atom. The number of carbonyl (C=O) groups is 1. The maximum atomic E-state index is 13.9. The molecule has 3 aromatic rings. The normalized spacial score (nSPS) is 12.2. The fraction of sp³-hybridized carbons (Fsp3) is 0.0952. The van der Waals surface area contributed by atoms with Gasteiger partial charge >= 0.3 is 0 Å². The van der Waals surface area contributed by atoms with E-state index in [1.54, 1.807) is 55.5 Å². The van der Waals surface area contributed by atoms with Gasteiger partial charge in [0, 0.05) is 21.3 Å². The van der Waals surface area contributed by atoms with Crippen molar-refractivity contribution in [1.29, 1.82) is 0 Å². The van der Waals surface area contributed by atoms with Crippen LogP contribution in [0.25, 0.3) is 0 Å². The van der Waals surface area contributed by atoms with E-state index in [0.717, 1.165) is 4.47 Å². The summed E-state index contributed by atoms with van der Waals surface area (Å²) in [6.07, 6.45) is 0. The Hall–Kier alpha value is -2.71. The van der Waals surface area contributed by atoms with Crippen LogP contribution in [0.3, 0.4) is 0 Å². The molecule has 150 valence electrons. The number of nitrogens with one attached hydrogen (secondary N) is 2. The summed E-state index contributed by atoms with van der Waals surface area (Å²) in [5.74, 6) is -0.846. The van der Waals surface area contributed by atoms with Crippen LogP contribution in [-0.2, 0) is 10.0 Å². The Labute approximate surface area is 177 Å². The smallest absolute Gasteiger partial charge is 0.261 e. The molecule has 0 heterocycles. The lowest BCUT2D eigenvalue weighted by Crippen LogP contribution is -2.27. The van der Waals surface area contributed by atoms with Crippen molar-refractivity contribution in [2.75, 3.05) is 4.72 Å². The van der Waals surface area contributed by atoms with Gasteiger partial charge in [0.05, 0.1) is 10.9 Å². The molecule has 29 heavy (non-hydrogen) atoms. The van der Waals surface area contributed by atoms with Gasteiger partial charge in [-0.15, -0.1) is 0 Å². The number of hydrogen-bond donors (Lipinski definition) is 2. The molecule has 5 nitrogen and oxygen atoms in total. The lowest BCUT2D eigenvalue weighted by Gasteiger charge is -2.15. The molecule has 0 bridgehead atoms. The SMILES string of the molecule is CC(NC(=O)c1cccc(NS(=O)(=O)c2ccc(Br)cc2)c1)c1ccccc1F. The Morgan fingerprint density at radius 2 is 1.69 bits per heavy atom. The highest BCUT2D eigenvalue weighted by molar-refractivity contribution is 9.10. The van der Waals surface area contributed by atoms with Gasteiger partial charge in [-0.2, -0.15) is 0 Å². The molecule has 0 spiro atoms. The maximum Gasteiger partial charge on any atom is 0.261 e. The van der Waals surface area contributed by atoms with Gasteiger partial charge in [0.2, 0.25) is 0 Å². The van der Waals surface area contributed by atoms with Crippen molar-refractivity contribution < 1.29 is 17.6 Å². The van der Waals surface area contributed by atoms with Crippen molar-refractivity contribution in [2.45, 2.75) is 17.9 Å². The van der Waals surface area contributed by atoms with Gasteiger partial charge in [-0.1, -0.05) is 40.2 Å². The first-order valence-electron chi connectivity index (χ1n) is 8.70. The van der Waals surface area contributed by atoms with Crippen molar-refractivity contribution in [1.82, 2.24) is 5.32 Å². The largest absolute Gasteiger partial charge is 0.345 e. The summed E-state index contributed by atoms with van der Waals surface area (Å²) in [5, 5.41) is 2.72. The molecule has 0 fully saturated rings. The minimum absolute atomic E-state index is 0.101. The molecule has 0 aliphatic rings. The van der Waals surface area contributed by atoms with Gasteiger partial charge in [-0.25, -0.2) is 12.8 Å². The molecule has 0 aromatic heterocycles. The van der Waals surface area contributed by atoms with Crippen LogP contribution in [-0.4, -0.2) is 14.3 Å². The molecular formula is C21H18BrFN2O3S. The van der Waals surface area contributed by atoms with Crippen molar-refractivity contribution in [3.63, 3.8) is 0 Å². The van der Waals surface area contributed by atoms with E-state index in [4.69, 9.17) is 0 Å². The van der Waals surface area contributed by atoms with Crippen LogP contribution in [0.2, 0.25) is 0 Å². The molecule has 8 heteroatoms. The zero-order valence-electron chi connectivity index (χ0n) is 15.4. The molecule has 1 unspecified atom stereocenters. The quantitative estimate of drug-likeness (QED) is 0.532. The predicted molar refractivity (Wildman–Crippen MR) is 114 cm³/mol. The van der Waals surface area contributed by atoms with E-state index in [0.29, 0.717) is 5.56 Å². The molecule has 3 aromatic carbocycles. The van der Waals surface area contributed by atoms with Crippen molar-refractivity contribution in [3.8, 4) is 0 Å². The van der Waals surface area contributed by atoms with E-state index in [1.807, 2.05) is 0 Å². The van der Waals surface area contributed by atoms with Crippen LogP contribution < -0.4 is 10.0 Å². The van der Waals surface area contributed by atoms with Crippen molar-refractivity contribution in [3.05, 3.63) is 94.2 Å². The predicted octanol–water partition coefficient (Wildman–Crippen LogP) is 4.88. The number of halogens is 2. The van der Waals surface area contributed by atoms with Gasteiger partial charge in [0.15, 0.2) is 0 Å². The molecule has 0 aliphatic carbocycles. The molecule has 0 radical (unpaired) electrons. The Bertz CT molecular complexity index is 1130. The molecule has 3 rings (SSSR count). The fourth-order valence-corrected chi connectivity index (χ4v) is 4.05. The fourth-order valence-electron chi connectivity index (χ4n) is 2.74. The standard InChI is InChI=1S/C21H18BrFN2O3S/c1-14(19-7-2-3-8-20(19)23)24-21(26)15-5-4-6-17(13-15)25-29(27,28)18-11-9-16(22)10-12-18/h2-14,25H,1H3,(H,24,26). The van der Waals surface area contributed by atoms with Crippen LogP contribution in [0.1, 0.15) is 28.9 Å². The second-order valence-electron chi connectivity index (χ2n) is 6.36. The summed E-state index contributed by atoms with van der Waals surface area (Å²) >= 11 is 3.26. The minimum atomic E-state index is -3.80. The highest BCUT2D eigenvalue weighted by Gasteiger charge is 2.17. The third-order valence-electron chi connectivity index (χ3n) is 4.22. The van der Waals surface area contributed by atoms with Gasteiger partial charge in [0.25, 0.3) is 15.9 Å². The van der Waals surface area contributed by atoms with Crippen LogP contribution in [0, 0.1) is 5.82 Å². The zero-order chi connectivity index (χ0) is 21.0. The van der Waals surface area contributed by atoms with Crippen LogP contribution >= 0.6 is 15.9 Å². The summed E-state index contributed by atoms with van der Waals surface area (Å²) in [5.41, 5.74) is 0.872. The second-order valence-corrected chi connectivity index (χ2v) is 8.95. The average molecular weight is 477 g/mol. The molecule has 1 amide bonds. The number of rotatable bonds is 6. The van der Waals surface area contributed by atoms with Gasteiger partial charge in [0.1, 0.15) is 5.82 Å². The van der Waals surface area contributed by atoms with Gasteiger partial charge in [-0.3, -0.25) is 9.52 Å². The maximum absolute atomic E-state index is 13.9. The van der Waals surface area contributed by atoms with E-state index in [9.17, 15) is 17.6 Å². The van der Waals surface area contributed by atoms with E-state index >= 15 is 0 Å². The summed E-state index contributed by atoms with van der Waals surface area (Å²) < 4.78 is 42.2. The third kappa shape index (κ3) is 5.21. The first-order valence-corrected chi connectivity index (χ1v) is 11.0. The summed E-state index contributed by atoms with van der Waals surface area (Å²) in [6, 6.07) is 18.0. The average Bonchev–Trinajstić information content (AvgIpc) is 2.68. The molecule has 0 saturated carbocycles. The minimum Gasteiger partial charge on any atom is -0.345 e. The lowest BCUT2D eigenvalue weighted by molar-refractivity contribution is 0.0939. The Morgan fingerprint density at radius 1 is 1.00 bits per heavy atom. The van der Waals surface area contributed by atoms with Gasteiger partial charge in [-0.05, 0) is 55.5 Å². The lowest BCUT2D eigenvalue weighted by atomic mass is 10.1. The highest BCUT2D eigenvalue weighted by Crippen LogP contribution is 2.21. The molecule has 2 N–H and O–H groups in total. The topological polar surface area (TPSA) is 75.3 Å². The van der Waals surface area contributed by atoms with Crippen molar-refractivity contribution in [2.24, 2.45) is 0 Å². The van der Waals surface area contributed by atoms with Crippen molar-refractivity contribution >= 4 is 37.5 Å². The summed E-state index contributed by atoms with van der Waals surface area (Å²) in [7, 11) is -3.80. The number of anilines is 1. The zero-order valence-corrected chi connectivity index (χ0v) is 17.8. The van der Waals surface area contributed by atoms with Gasteiger partial charge < -0.3 is 5.32 Å². The third-order valence-corrected chi connectivity index (χ3v) is 6.15. The molecular weight excluding hydrogens is 459 g/mol. The first-order chi connectivity index (χ1) is 13.8. The Balaban J connectivity index is 1.76. The molecule has 1 atom stereocenters. The van der Waals surface area contributed by atoms with Crippen LogP contribution in [0.4, 0.5) is 10.1 Å².